The molecule has 4 heteroatoms. The summed E-state index contributed by atoms with van der Waals surface area (Å²) in [6.07, 6.45) is 2.88. The summed E-state index contributed by atoms with van der Waals surface area (Å²) in [6.45, 7) is 1.97. The van der Waals surface area contributed by atoms with Crippen molar-refractivity contribution in [3.8, 4) is 0 Å². The fraction of sp³-hybridized carbons (Fsp3) is 0.545. The van der Waals surface area contributed by atoms with Gasteiger partial charge in [0.05, 0.1) is 9.21 Å². The lowest BCUT2D eigenvalue weighted by atomic mass is 9.80. The molecule has 1 fully saturated rings. The van der Waals surface area contributed by atoms with Crippen molar-refractivity contribution in [3.05, 3.63) is 21.3 Å². The van der Waals surface area contributed by atoms with Crippen molar-refractivity contribution in [2.24, 2.45) is 11.1 Å². The van der Waals surface area contributed by atoms with Crippen molar-refractivity contribution in [1.82, 2.24) is 0 Å². The zero-order valence-corrected chi connectivity index (χ0v) is 10.2. The number of carbonyl (C=O) groups excluding carboxylic acids is 1. The summed E-state index contributed by atoms with van der Waals surface area (Å²) in [5.41, 5.74) is 5.63. The summed E-state index contributed by atoms with van der Waals surface area (Å²) < 4.78 is 0.661. The Morgan fingerprint density at radius 3 is 2.87 bits per heavy atom. The summed E-state index contributed by atoms with van der Waals surface area (Å²) in [6, 6.07) is 3.56. The van der Waals surface area contributed by atoms with Crippen LogP contribution in [0.4, 0.5) is 0 Å². The Labute approximate surface area is 98.4 Å². The Hall–Kier alpha value is -0.380. The zero-order chi connectivity index (χ0) is 11.1. The number of thiophene rings is 1. The largest absolute Gasteiger partial charge is 0.327 e. The molecule has 2 rings (SSSR count). The Morgan fingerprint density at radius 2 is 2.40 bits per heavy atom. The van der Waals surface area contributed by atoms with E-state index in [1.54, 1.807) is 12.1 Å². The van der Waals surface area contributed by atoms with Gasteiger partial charge in [-0.1, -0.05) is 24.9 Å². The second-order valence-corrected chi connectivity index (χ2v) is 6.06. The average Bonchev–Trinajstić information content (AvgIpc) is 2.75. The van der Waals surface area contributed by atoms with Gasteiger partial charge in [0.15, 0.2) is 5.78 Å². The molecule has 0 aliphatic heterocycles. The number of nitrogens with two attached hydrogens (primary N) is 1. The van der Waals surface area contributed by atoms with E-state index in [-0.39, 0.29) is 17.2 Å². The molecule has 2 unspecified atom stereocenters. The van der Waals surface area contributed by atoms with Gasteiger partial charge in [-0.05, 0) is 25.0 Å². The standard InChI is InChI=1S/C11H14ClNOS/c1-11(6-2-3-8(11)13)10(14)7-4-5-9(12)15-7/h4-5,8H,2-3,6,13H2,1H3. The average molecular weight is 244 g/mol. The number of rotatable bonds is 2. The molecule has 15 heavy (non-hydrogen) atoms. The topological polar surface area (TPSA) is 43.1 Å². The van der Waals surface area contributed by atoms with Crippen LogP contribution in [-0.4, -0.2) is 11.8 Å². The van der Waals surface area contributed by atoms with Crippen molar-refractivity contribution >= 4 is 28.7 Å². The van der Waals surface area contributed by atoms with Crippen molar-refractivity contribution < 1.29 is 4.79 Å². The molecular formula is C11H14ClNOS. The summed E-state index contributed by atoms with van der Waals surface area (Å²) in [5, 5.41) is 0. The molecule has 2 N–H and O–H groups in total. The maximum absolute atomic E-state index is 12.3. The van der Waals surface area contributed by atoms with Gasteiger partial charge in [0.25, 0.3) is 0 Å². The molecule has 0 spiro atoms. The molecule has 1 aromatic rings. The highest BCUT2D eigenvalue weighted by atomic mass is 35.5. The van der Waals surface area contributed by atoms with Crippen LogP contribution in [0.5, 0.6) is 0 Å². The quantitative estimate of drug-likeness (QED) is 0.812. The van der Waals surface area contributed by atoms with Crippen LogP contribution >= 0.6 is 22.9 Å². The molecule has 1 saturated carbocycles. The first kappa shape index (κ1) is 11.1. The SMILES string of the molecule is CC1(C(=O)c2ccc(Cl)s2)CCCC1N. The van der Waals surface area contributed by atoms with E-state index >= 15 is 0 Å². The van der Waals surface area contributed by atoms with E-state index in [0.717, 1.165) is 24.1 Å². The van der Waals surface area contributed by atoms with Crippen LogP contribution in [0.25, 0.3) is 0 Å². The maximum Gasteiger partial charge on any atom is 0.180 e. The van der Waals surface area contributed by atoms with E-state index in [1.807, 2.05) is 6.92 Å². The summed E-state index contributed by atoms with van der Waals surface area (Å²) in [5.74, 6) is 0.157. The van der Waals surface area contributed by atoms with E-state index in [1.165, 1.54) is 11.3 Å². The molecule has 0 aromatic carbocycles. The number of halogens is 1. The molecule has 82 valence electrons. The fourth-order valence-corrected chi connectivity index (χ4v) is 3.31. The smallest absolute Gasteiger partial charge is 0.180 e. The number of carbonyl (C=O) groups is 1. The van der Waals surface area contributed by atoms with Gasteiger partial charge in [-0.2, -0.15) is 0 Å². The van der Waals surface area contributed by atoms with E-state index in [2.05, 4.69) is 0 Å². The molecule has 0 bridgehead atoms. The van der Waals surface area contributed by atoms with Gasteiger partial charge >= 0.3 is 0 Å². The summed E-state index contributed by atoms with van der Waals surface area (Å²) >= 11 is 7.17. The molecule has 0 amide bonds. The zero-order valence-electron chi connectivity index (χ0n) is 8.63. The molecule has 1 aromatic heterocycles. The molecule has 2 nitrogen and oxygen atoms in total. The summed E-state index contributed by atoms with van der Waals surface area (Å²) in [4.78, 5) is 13.0. The number of hydrogen-bond donors (Lipinski definition) is 1. The van der Waals surface area contributed by atoms with Gasteiger partial charge in [-0.15, -0.1) is 11.3 Å². The number of hydrogen-bond acceptors (Lipinski definition) is 3. The summed E-state index contributed by atoms with van der Waals surface area (Å²) in [7, 11) is 0. The second kappa shape index (κ2) is 3.89. The van der Waals surface area contributed by atoms with Gasteiger partial charge in [-0.25, -0.2) is 0 Å². The monoisotopic (exact) mass is 243 g/mol. The highest BCUT2D eigenvalue weighted by Crippen LogP contribution is 2.41. The second-order valence-electron chi connectivity index (χ2n) is 4.35. The minimum atomic E-state index is -0.381. The van der Waals surface area contributed by atoms with Crippen LogP contribution in [-0.2, 0) is 0 Å². The van der Waals surface area contributed by atoms with E-state index in [0.29, 0.717) is 4.34 Å². The first-order chi connectivity index (χ1) is 7.04. The fourth-order valence-electron chi connectivity index (χ4n) is 2.19. The lowest BCUT2D eigenvalue weighted by molar-refractivity contribution is 0.0807. The Balaban J connectivity index is 2.28. The van der Waals surface area contributed by atoms with Crippen molar-refractivity contribution in [2.45, 2.75) is 32.2 Å². The van der Waals surface area contributed by atoms with Crippen LogP contribution in [0.1, 0.15) is 35.9 Å². The van der Waals surface area contributed by atoms with E-state index in [4.69, 9.17) is 17.3 Å². The van der Waals surface area contributed by atoms with Crippen LogP contribution in [0.15, 0.2) is 12.1 Å². The van der Waals surface area contributed by atoms with Crippen LogP contribution < -0.4 is 5.73 Å². The minimum Gasteiger partial charge on any atom is -0.327 e. The molecule has 2 atom stereocenters. The van der Waals surface area contributed by atoms with Gasteiger partial charge in [0, 0.05) is 11.5 Å². The predicted octanol–water partition coefficient (Wildman–Crippen LogP) is 3.10. The van der Waals surface area contributed by atoms with E-state index < -0.39 is 0 Å². The number of Topliss-reactive ketones (excluding diaryl/α,β-unsaturated/α-hetero) is 1. The van der Waals surface area contributed by atoms with Crippen LogP contribution in [0.2, 0.25) is 4.34 Å². The Morgan fingerprint density at radius 1 is 1.67 bits per heavy atom. The lowest BCUT2D eigenvalue weighted by Crippen LogP contribution is -2.40. The molecule has 0 radical (unpaired) electrons. The lowest BCUT2D eigenvalue weighted by Gasteiger charge is -2.26. The number of ketones is 1. The van der Waals surface area contributed by atoms with Crippen LogP contribution in [0.3, 0.4) is 0 Å². The van der Waals surface area contributed by atoms with Gasteiger partial charge in [-0.3, -0.25) is 4.79 Å². The van der Waals surface area contributed by atoms with E-state index in [9.17, 15) is 4.79 Å². The minimum absolute atomic E-state index is 0.00845. The van der Waals surface area contributed by atoms with Crippen LogP contribution in [0, 0.1) is 5.41 Å². The molecule has 0 saturated heterocycles. The van der Waals surface area contributed by atoms with Gasteiger partial charge < -0.3 is 5.73 Å². The first-order valence-electron chi connectivity index (χ1n) is 5.10. The molecule has 1 aliphatic rings. The molecule has 1 heterocycles. The van der Waals surface area contributed by atoms with Crippen molar-refractivity contribution in [2.75, 3.05) is 0 Å². The highest BCUT2D eigenvalue weighted by molar-refractivity contribution is 7.18. The third-order valence-corrected chi connectivity index (χ3v) is 4.58. The Kier molecular flexibility index (Phi) is 2.88. The normalized spacial score (nSPS) is 30.7. The third kappa shape index (κ3) is 1.84. The molecular weight excluding hydrogens is 230 g/mol. The third-order valence-electron chi connectivity index (χ3n) is 3.35. The predicted molar refractivity (Wildman–Crippen MR) is 63.6 cm³/mol. The first-order valence-corrected chi connectivity index (χ1v) is 6.29. The van der Waals surface area contributed by atoms with Gasteiger partial charge in [0.2, 0.25) is 0 Å². The maximum atomic E-state index is 12.3. The van der Waals surface area contributed by atoms with Crippen molar-refractivity contribution in [1.29, 1.82) is 0 Å². The Bertz CT molecular complexity index is 390. The van der Waals surface area contributed by atoms with Gasteiger partial charge in [0.1, 0.15) is 0 Å². The highest BCUT2D eigenvalue weighted by Gasteiger charge is 2.43. The van der Waals surface area contributed by atoms with Crippen molar-refractivity contribution in [3.63, 3.8) is 0 Å². The molecule has 1 aliphatic carbocycles.